The second kappa shape index (κ2) is 11.8. The lowest BCUT2D eigenvalue weighted by Gasteiger charge is -2.11. The number of nitrogens with two attached hydrogens (primary N) is 1. The van der Waals surface area contributed by atoms with Gasteiger partial charge in [-0.05, 0) is 31.8 Å². The van der Waals surface area contributed by atoms with Crippen molar-refractivity contribution in [3.05, 3.63) is 29.8 Å². The molecule has 0 aromatic heterocycles. The zero-order valence-corrected chi connectivity index (χ0v) is 13.4. The highest BCUT2D eigenvalue weighted by Crippen LogP contribution is 2.11. The molecule has 0 fully saturated rings. The van der Waals surface area contributed by atoms with Crippen LogP contribution < -0.4 is 15.8 Å². The molecule has 1 aromatic carbocycles. The number of nitrogens with zero attached hydrogens (tertiary/aromatic N) is 1. The highest BCUT2D eigenvalue weighted by atomic mass is 35.5. The van der Waals surface area contributed by atoms with Crippen LogP contribution in [-0.2, 0) is 11.3 Å². The van der Waals surface area contributed by atoms with Crippen molar-refractivity contribution >= 4 is 30.7 Å². The molecule has 0 radical (unpaired) electrons. The second-order valence-corrected chi connectivity index (χ2v) is 4.28. The van der Waals surface area contributed by atoms with Gasteiger partial charge in [-0.25, -0.2) is 0 Å². The van der Waals surface area contributed by atoms with E-state index in [0.29, 0.717) is 13.2 Å². The summed E-state index contributed by atoms with van der Waals surface area (Å²) in [4.78, 5) is 13.1. The van der Waals surface area contributed by atoms with Gasteiger partial charge in [0.15, 0.2) is 0 Å². The summed E-state index contributed by atoms with van der Waals surface area (Å²) in [6.45, 7) is 2.06. The Morgan fingerprint density at radius 2 is 1.85 bits per heavy atom. The Morgan fingerprint density at radius 3 is 2.35 bits per heavy atom. The number of carbonyl (C=O) groups is 1. The van der Waals surface area contributed by atoms with Crippen LogP contribution in [0.4, 0.5) is 0 Å². The van der Waals surface area contributed by atoms with Gasteiger partial charge < -0.3 is 20.7 Å². The van der Waals surface area contributed by atoms with Crippen LogP contribution in [0.25, 0.3) is 0 Å². The van der Waals surface area contributed by atoms with E-state index in [4.69, 9.17) is 10.5 Å². The molecule has 1 amide bonds. The molecule has 0 heterocycles. The number of carbonyl (C=O) groups excluding carboxylic acids is 1. The summed E-state index contributed by atoms with van der Waals surface area (Å²) in [7, 11) is 4.01. The summed E-state index contributed by atoms with van der Waals surface area (Å²) >= 11 is 0. The minimum Gasteiger partial charge on any atom is -0.492 e. The van der Waals surface area contributed by atoms with E-state index in [1.54, 1.807) is 0 Å². The molecule has 3 N–H and O–H groups in total. The molecule has 1 aromatic rings. The molecule has 0 atom stereocenters. The van der Waals surface area contributed by atoms with Crippen molar-refractivity contribution in [2.75, 3.05) is 33.8 Å². The van der Waals surface area contributed by atoms with E-state index in [0.717, 1.165) is 17.9 Å². The molecule has 0 aliphatic carbocycles. The Labute approximate surface area is 132 Å². The van der Waals surface area contributed by atoms with Gasteiger partial charge in [-0.1, -0.05) is 12.1 Å². The Morgan fingerprint density at radius 1 is 1.25 bits per heavy atom. The van der Waals surface area contributed by atoms with Crippen molar-refractivity contribution in [3.8, 4) is 5.75 Å². The maximum Gasteiger partial charge on any atom is 0.234 e. The Kier molecular flexibility index (Phi) is 12.5. The summed E-state index contributed by atoms with van der Waals surface area (Å²) in [6.07, 6.45) is 0. The van der Waals surface area contributed by atoms with Crippen molar-refractivity contribution < 1.29 is 9.53 Å². The first-order valence-corrected chi connectivity index (χ1v) is 5.95. The third kappa shape index (κ3) is 8.98. The molecule has 5 nitrogen and oxygen atoms in total. The molecule has 0 spiro atoms. The first-order chi connectivity index (χ1) is 8.61. The van der Waals surface area contributed by atoms with E-state index < -0.39 is 0 Å². The molecular weight excluding hydrogens is 301 g/mol. The van der Waals surface area contributed by atoms with E-state index in [-0.39, 0.29) is 37.3 Å². The lowest BCUT2D eigenvalue weighted by Crippen LogP contribution is -2.29. The number of ether oxygens (including phenoxy) is 1. The number of halogens is 2. The molecule has 116 valence electrons. The first-order valence-electron chi connectivity index (χ1n) is 5.95. The number of nitrogens with one attached hydrogen (secondary N) is 1. The van der Waals surface area contributed by atoms with E-state index in [1.807, 2.05) is 38.4 Å². The standard InChI is InChI=1S/C13H21N3O2.2ClH/c1-16(2)7-8-18-12-5-3-11(4-6-12)10-15-13(17)9-14;;/h3-6H,7-10,14H2,1-2H3,(H,15,17);2*1H. The van der Waals surface area contributed by atoms with Crippen molar-refractivity contribution in [1.82, 2.24) is 10.2 Å². The molecule has 7 heteroatoms. The van der Waals surface area contributed by atoms with E-state index >= 15 is 0 Å². The topological polar surface area (TPSA) is 67.6 Å². The van der Waals surface area contributed by atoms with Crippen molar-refractivity contribution in [2.24, 2.45) is 5.73 Å². The van der Waals surface area contributed by atoms with Gasteiger partial charge in [-0.3, -0.25) is 4.79 Å². The molecule has 0 saturated carbocycles. The van der Waals surface area contributed by atoms with Gasteiger partial charge in [0.1, 0.15) is 12.4 Å². The second-order valence-electron chi connectivity index (χ2n) is 4.28. The predicted molar refractivity (Wildman–Crippen MR) is 85.9 cm³/mol. The van der Waals surface area contributed by atoms with Crippen LogP contribution in [0, 0.1) is 0 Å². The average molecular weight is 324 g/mol. The summed E-state index contributed by atoms with van der Waals surface area (Å²) in [5.41, 5.74) is 6.23. The SMILES string of the molecule is CN(C)CCOc1ccc(CNC(=O)CN)cc1.Cl.Cl. The van der Waals surface area contributed by atoms with E-state index in [2.05, 4.69) is 10.2 Å². The molecule has 0 aliphatic rings. The van der Waals surface area contributed by atoms with Gasteiger partial charge >= 0.3 is 0 Å². The predicted octanol–water partition coefficient (Wildman–Crippen LogP) is 1.05. The smallest absolute Gasteiger partial charge is 0.234 e. The maximum absolute atomic E-state index is 11.0. The zero-order chi connectivity index (χ0) is 13.4. The lowest BCUT2D eigenvalue weighted by molar-refractivity contribution is -0.119. The summed E-state index contributed by atoms with van der Waals surface area (Å²) < 4.78 is 5.57. The monoisotopic (exact) mass is 323 g/mol. The van der Waals surface area contributed by atoms with Crippen LogP contribution in [0.2, 0.25) is 0 Å². The minimum atomic E-state index is -0.152. The van der Waals surface area contributed by atoms with Crippen molar-refractivity contribution in [3.63, 3.8) is 0 Å². The fraction of sp³-hybridized carbons (Fsp3) is 0.462. The third-order valence-electron chi connectivity index (χ3n) is 2.41. The molecule has 0 bridgehead atoms. The quantitative estimate of drug-likeness (QED) is 0.787. The zero-order valence-electron chi connectivity index (χ0n) is 11.8. The largest absolute Gasteiger partial charge is 0.492 e. The highest BCUT2D eigenvalue weighted by molar-refractivity contribution is 5.85. The molecule has 0 unspecified atom stereocenters. The average Bonchev–Trinajstić information content (AvgIpc) is 2.37. The third-order valence-corrected chi connectivity index (χ3v) is 2.41. The first kappa shape index (κ1) is 21.3. The van der Waals surface area contributed by atoms with E-state index in [1.165, 1.54) is 0 Å². The van der Waals surface area contributed by atoms with Crippen LogP contribution in [0.3, 0.4) is 0 Å². The number of likely N-dealkylation sites (N-methyl/N-ethyl adjacent to an activating group) is 1. The number of hydrogen-bond donors (Lipinski definition) is 2. The van der Waals surface area contributed by atoms with Crippen LogP contribution in [0.1, 0.15) is 5.56 Å². The summed E-state index contributed by atoms with van der Waals surface area (Å²) in [5.74, 6) is 0.687. The normalized spacial score (nSPS) is 9.40. The van der Waals surface area contributed by atoms with Gasteiger partial charge in [-0.15, -0.1) is 24.8 Å². The minimum absolute atomic E-state index is 0. The van der Waals surface area contributed by atoms with Gasteiger partial charge in [0.25, 0.3) is 0 Å². The highest BCUT2D eigenvalue weighted by Gasteiger charge is 1.99. The lowest BCUT2D eigenvalue weighted by atomic mass is 10.2. The molecular formula is C13H23Cl2N3O2. The van der Waals surface area contributed by atoms with Crippen molar-refractivity contribution in [2.45, 2.75) is 6.54 Å². The number of amides is 1. The van der Waals surface area contributed by atoms with Gasteiger partial charge in [0.2, 0.25) is 5.91 Å². The van der Waals surface area contributed by atoms with Crippen LogP contribution in [0.15, 0.2) is 24.3 Å². The Bertz CT molecular complexity index is 372. The van der Waals surface area contributed by atoms with Gasteiger partial charge in [0.05, 0.1) is 6.54 Å². The van der Waals surface area contributed by atoms with Crippen LogP contribution >= 0.6 is 24.8 Å². The van der Waals surface area contributed by atoms with Crippen LogP contribution in [0.5, 0.6) is 5.75 Å². The fourth-order valence-electron chi connectivity index (χ4n) is 1.32. The molecule has 20 heavy (non-hydrogen) atoms. The van der Waals surface area contributed by atoms with Crippen molar-refractivity contribution in [1.29, 1.82) is 0 Å². The molecule has 0 saturated heterocycles. The molecule has 0 aliphatic heterocycles. The summed E-state index contributed by atoms with van der Waals surface area (Å²) in [6, 6.07) is 7.67. The van der Waals surface area contributed by atoms with Gasteiger partial charge in [0, 0.05) is 13.1 Å². The van der Waals surface area contributed by atoms with E-state index in [9.17, 15) is 4.79 Å². The number of rotatable bonds is 7. The number of benzene rings is 1. The van der Waals surface area contributed by atoms with Gasteiger partial charge in [-0.2, -0.15) is 0 Å². The maximum atomic E-state index is 11.0. The molecule has 1 rings (SSSR count). The number of hydrogen-bond acceptors (Lipinski definition) is 4. The van der Waals surface area contributed by atoms with Crippen LogP contribution in [-0.4, -0.2) is 44.6 Å². The Hall–Kier alpha value is -1.01. The Balaban J connectivity index is 0. The summed E-state index contributed by atoms with van der Waals surface area (Å²) in [5, 5.41) is 2.71. The fourth-order valence-corrected chi connectivity index (χ4v) is 1.32.